The molecule has 0 aliphatic rings. The van der Waals surface area contributed by atoms with Gasteiger partial charge in [0.05, 0.1) is 6.07 Å². The number of primary amides is 1. The van der Waals surface area contributed by atoms with E-state index in [9.17, 15) is 9.59 Å². The molecule has 0 aromatic carbocycles. The fourth-order valence-corrected chi connectivity index (χ4v) is 1.12. The molecule has 0 aliphatic carbocycles. The predicted octanol–water partition coefficient (Wildman–Crippen LogP) is 0.306. The maximum absolute atomic E-state index is 11.3. The fraction of sp³-hybridized carbons (Fsp3) is 0.700. The monoisotopic (exact) mass is 211 g/mol. The molecule has 0 saturated carbocycles. The molecule has 0 heterocycles. The molecular formula is C10H17N3O2. The summed E-state index contributed by atoms with van der Waals surface area (Å²) >= 11 is 0. The maximum atomic E-state index is 11.3. The van der Waals surface area contributed by atoms with E-state index in [2.05, 4.69) is 5.32 Å². The molecule has 5 heteroatoms. The molecule has 0 aliphatic heterocycles. The van der Waals surface area contributed by atoms with Crippen LogP contribution in [0.15, 0.2) is 0 Å². The number of carbonyl (C=O) groups excluding carboxylic acids is 2. The number of nitriles is 1. The third kappa shape index (κ3) is 6.49. The van der Waals surface area contributed by atoms with Crippen molar-refractivity contribution in [3.8, 4) is 6.07 Å². The zero-order chi connectivity index (χ0) is 11.8. The van der Waals surface area contributed by atoms with E-state index in [0.29, 0.717) is 6.42 Å². The van der Waals surface area contributed by atoms with Crippen LogP contribution in [0.2, 0.25) is 0 Å². The SMILES string of the molecule is CC(C)CC(=O)N[C@H](CCC#N)C(N)=O. The summed E-state index contributed by atoms with van der Waals surface area (Å²) in [6.07, 6.45) is 0.835. The Bertz CT molecular complexity index is 268. The third-order valence-electron chi connectivity index (χ3n) is 1.82. The first-order valence-electron chi connectivity index (χ1n) is 4.93. The average Bonchev–Trinajstić information content (AvgIpc) is 2.10. The molecular weight excluding hydrogens is 194 g/mol. The Kier molecular flexibility index (Phi) is 6.11. The first-order valence-corrected chi connectivity index (χ1v) is 4.93. The Hall–Kier alpha value is -1.57. The van der Waals surface area contributed by atoms with Crippen molar-refractivity contribution in [3.63, 3.8) is 0 Å². The summed E-state index contributed by atoms with van der Waals surface area (Å²) < 4.78 is 0. The fourth-order valence-electron chi connectivity index (χ4n) is 1.12. The van der Waals surface area contributed by atoms with Crippen LogP contribution in [0.25, 0.3) is 0 Å². The second kappa shape index (κ2) is 6.82. The summed E-state index contributed by atoms with van der Waals surface area (Å²) in [5.74, 6) is -0.566. The minimum atomic E-state index is -0.726. The molecule has 0 aromatic rings. The van der Waals surface area contributed by atoms with Gasteiger partial charge in [0.1, 0.15) is 6.04 Å². The Balaban J connectivity index is 4.11. The highest BCUT2D eigenvalue weighted by molar-refractivity contribution is 5.86. The van der Waals surface area contributed by atoms with E-state index >= 15 is 0 Å². The Labute approximate surface area is 89.6 Å². The van der Waals surface area contributed by atoms with E-state index in [1.807, 2.05) is 19.9 Å². The minimum Gasteiger partial charge on any atom is -0.368 e. The van der Waals surface area contributed by atoms with Gasteiger partial charge in [0, 0.05) is 12.8 Å². The van der Waals surface area contributed by atoms with Gasteiger partial charge < -0.3 is 11.1 Å². The normalized spacial score (nSPS) is 11.9. The number of nitrogens with two attached hydrogens (primary N) is 1. The molecule has 5 nitrogen and oxygen atoms in total. The summed E-state index contributed by atoms with van der Waals surface area (Å²) in [5.41, 5.74) is 5.09. The van der Waals surface area contributed by atoms with Crippen molar-refractivity contribution >= 4 is 11.8 Å². The van der Waals surface area contributed by atoms with Crippen LogP contribution in [0, 0.1) is 17.2 Å². The molecule has 0 spiro atoms. The molecule has 0 radical (unpaired) electrons. The first-order chi connectivity index (χ1) is 6.97. The quantitative estimate of drug-likeness (QED) is 0.661. The smallest absolute Gasteiger partial charge is 0.240 e. The lowest BCUT2D eigenvalue weighted by Crippen LogP contribution is -2.44. The lowest BCUT2D eigenvalue weighted by atomic mass is 10.1. The highest BCUT2D eigenvalue weighted by Crippen LogP contribution is 2.01. The van der Waals surface area contributed by atoms with Gasteiger partial charge in [-0.2, -0.15) is 5.26 Å². The number of nitrogens with one attached hydrogen (secondary N) is 1. The summed E-state index contributed by atoms with van der Waals surface area (Å²) in [6.45, 7) is 3.82. The highest BCUT2D eigenvalue weighted by Gasteiger charge is 2.17. The van der Waals surface area contributed by atoms with E-state index in [-0.39, 0.29) is 24.7 Å². The van der Waals surface area contributed by atoms with Gasteiger partial charge in [0.15, 0.2) is 0 Å². The summed E-state index contributed by atoms with van der Waals surface area (Å²) in [6, 6.07) is 1.18. The van der Waals surface area contributed by atoms with Crippen molar-refractivity contribution in [1.29, 1.82) is 5.26 Å². The first kappa shape index (κ1) is 13.4. The number of amides is 2. The van der Waals surface area contributed by atoms with Crippen molar-refractivity contribution in [2.24, 2.45) is 11.7 Å². The second-order valence-corrected chi connectivity index (χ2v) is 3.82. The molecule has 84 valence electrons. The zero-order valence-corrected chi connectivity index (χ0v) is 9.12. The Morgan fingerprint density at radius 3 is 2.47 bits per heavy atom. The molecule has 0 rings (SSSR count). The van der Waals surface area contributed by atoms with Crippen LogP contribution in [-0.4, -0.2) is 17.9 Å². The molecule has 3 N–H and O–H groups in total. The predicted molar refractivity (Wildman–Crippen MR) is 55.4 cm³/mol. The molecule has 0 saturated heterocycles. The number of nitrogens with zero attached hydrogens (tertiary/aromatic N) is 1. The van der Waals surface area contributed by atoms with E-state index in [1.54, 1.807) is 0 Å². The third-order valence-corrected chi connectivity index (χ3v) is 1.82. The standard InChI is InChI=1S/C10H17N3O2/c1-7(2)6-9(14)13-8(10(12)15)4-3-5-11/h7-8H,3-4,6H2,1-2H3,(H2,12,15)(H,13,14)/t8-/m1/s1. The minimum absolute atomic E-state index is 0.202. The van der Waals surface area contributed by atoms with Crippen LogP contribution in [0.3, 0.4) is 0 Å². The largest absolute Gasteiger partial charge is 0.368 e. The van der Waals surface area contributed by atoms with Gasteiger partial charge in [-0.3, -0.25) is 9.59 Å². The summed E-state index contributed by atoms with van der Waals surface area (Å²) in [4.78, 5) is 22.3. The molecule has 0 bridgehead atoms. The van der Waals surface area contributed by atoms with Crippen molar-refractivity contribution in [1.82, 2.24) is 5.32 Å². The van der Waals surface area contributed by atoms with Crippen LogP contribution in [0.5, 0.6) is 0 Å². The number of hydrogen-bond donors (Lipinski definition) is 2. The van der Waals surface area contributed by atoms with Crippen LogP contribution in [0.1, 0.15) is 33.1 Å². The lowest BCUT2D eigenvalue weighted by Gasteiger charge is -2.14. The summed E-state index contributed by atoms with van der Waals surface area (Å²) in [5, 5.41) is 10.9. The van der Waals surface area contributed by atoms with Crippen molar-refractivity contribution < 1.29 is 9.59 Å². The van der Waals surface area contributed by atoms with Gasteiger partial charge in [-0.05, 0) is 12.3 Å². The van der Waals surface area contributed by atoms with Gasteiger partial charge in [-0.15, -0.1) is 0 Å². The number of rotatable bonds is 6. The molecule has 15 heavy (non-hydrogen) atoms. The Morgan fingerprint density at radius 2 is 2.07 bits per heavy atom. The summed E-state index contributed by atoms with van der Waals surface area (Å²) in [7, 11) is 0. The number of carbonyl (C=O) groups is 2. The van der Waals surface area contributed by atoms with Crippen molar-refractivity contribution in [3.05, 3.63) is 0 Å². The van der Waals surface area contributed by atoms with E-state index < -0.39 is 11.9 Å². The highest BCUT2D eigenvalue weighted by atomic mass is 16.2. The average molecular weight is 211 g/mol. The van der Waals surface area contributed by atoms with Gasteiger partial charge in [0.2, 0.25) is 11.8 Å². The van der Waals surface area contributed by atoms with Crippen LogP contribution < -0.4 is 11.1 Å². The van der Waals surface area contributed by atoms with Gasteiger partial charge in [-0.25, -0.2) is 0 Å². The molecule has 2 amide bonds. The van der Waals surface area contributed by atoms with Crippen LogP contribution >= 0.6 is 0 Å². The Morgan fingerprint density at radius 1 is 1.47 bits per heavy atom. The second-order valence-electron chi connectivity index (χ2n) is 3.82. The van der Waals surface area contributed by atoms with E-state index in [1.165, 1.54) is 0 Å². The van der Waals surface area contributed by atoms with Gasteiger partial charge in [-0.1, -0.05) is 13.8 Å². The van der Waals surface area contributed by atoms with E-state index in [4.69, 9.17) is 11.0 Å². The molecule has 0 aromatic heterocycles. The molecule has 1 atom stereocenters. The van der Waals surface area contributed by atoms with Gasteiger partial charge >= 0.3 is 0 Å². The van der Waals surface area contributed by atoms with Crippen LogP contribution in [0.4, 0.5) is 0 Å². The van der Waals surface area contributed by atoms with Gasteiger partial charge in [0.25, 0.3) is 0 Å². The van der Waals surface area contributed by atoms with Crippen molar-refractivity contribution in [2.75, 3.05) is 0 Å². The van der Waals surface area contributed by atoms with Crippen LogP contribution in [-0.2, 0) is 9.59 Å². The number of hydrogen-bond acceptors (Lipinski definition) is 3. The molecule has 0 fully saturated rings. The van der Waals surface area contributed by atoms with E-state index in [0.717, 1.165) is 0 Å². The molecule has 0 unspecified atom stereocenters. The topological polar surface area (TPSA) is 96.0 Å². The van der Waals surface area contributed by atoms with Crippen molar-refractivity contribution in [2.45, 2.75) is 39.2 Å². The maximum Gasteiger partial charge on any atom is 0.240 e. The lowest BCUT2D eigenvalue weighted by molar-refractivity contribution is -0.127. The zero-order valence-electron chi connectivity index (χ0n) is 9.12.